The number of carbonyl (C=O) groups is 1. The van der Waals surface area contributed by atoms with E-state index in [0.29, 0.717) is 29.7 Å². The molecule has 8 nitrogen and oxygen atoms in total. The maximum absolute atomic E-state index is 13.1. The molecule has 3 heterocycles. The summed E-state index contributed by atoms with van der Waals surface area (Å²) in [6.45, 7) is 0. The van der Waals surface area contributed by atoms with Crippen molar-refractivity contribution in [1.82, 2.24) is 15.2 Å². The molecule has 1 aliphatic heterocycles. The minimum atomic E-state index is -0.309. The first-order valence-corrected chi connectivity index (χ1v) is 11.7. The lowest BCUT2D eigenvalue weighted by atomic mass is 10.0. The average Bonchev–Trinajstić information content (AvgIpc) is 3.64. The zero-order valence-electron chi connectivity index (χ0n) is 18.5. The van der Waals surface area contributed by atoms with E-state index in [-0.39, 0.29) is 17.7 Å². The molecule has 34 heavy (non-hydrogen) atoms. The van der Waals surface area contributed by atoms with Gasteiger partial charge in [-0.1, -0.05) is 42.1 Å². The van der Waals surface area contributed by atoms with E-state index in [1.54, 1.807) is 13.4 Å². The zero-order chi connectivity index (χ0) is 23.3. The third-order valence-corrected chi connectivity index (χ3v) is 6.23. The fourth-order valence-corrected chi connectivity index (χ4v) is 4.36. The second kappa shape index (κ2) is 9.96. The van der Waals surface area contributed by atoms with Crippen molar-refractivity contribution >= 4 is 23.4 Å². The molecule has 9 heteroatoms. The molecule has 1 amide bonds. The van der Waals surface area contributed by atoms with E-state index in [2.05, 4.69) is 15.3 Å². The number of aromatic nitrogens is 2. The van der Waals surface area contributed by atoms with Crippen molar-refractivity contribution in [2.75, 3.05) is 12.9 Å². The van der Waals surface area contributed by atoms with E-state index in [1.807, 2.05) is 66.7 Å². The van der Waals surface area contributed by atoms with Crippen molar-refractivity contribution < 1.29 is 18.4 Å². The molecule has 0 radical (unpaired) electrons. The topological polar surface area (TPSA) is 94.0 Å². The largest absolute Gasteiger partial charge is 0.497 e. The van der Waals surface area contributed by atoms with Gasteiger partial charge >= 0.3 is 0 Å². The molecule has 0 bridgehead atoms. The van der Waals surface area contributed by atoms with Crippen LogP contribution in [0.2, 0.25) is 0 Å². The summed E-state index contributed by atoms with van der Waals surface area (Å²) in [4.78, 5) is 13.1. The molecule has 0 aliphatic carbocycles. The molecule has 2 aromatic heterocycles. The van der Waals surface area contributed by atoms with Crippen LogP contribution in [0.15, 0.2) is 92.2 Å². The van der Waals surface area contributed by atoms with Gasteiger partial charge in [0.2, 0.25) is 5.89 Å². The molecule has 1 aliphatic rings. The van der Waals surface area contributed by atoms with Crippen molar-refractivity contribution in [1.29, 1.82) is 0 Å². The van der Waals surface area contributed by atoms with Gasteiger partial charge in [0.25, 0.3) is 11.1 Å². The van der Waals surface area contributed by atoms with Gasteiger partial charge in [-0.3, -0.25) is 4.79 Å². The van der Waals surface area contributed by atoms with Gasteiger partial charge in [-0.05, 0) is 47.5 Å². The number of hydrogen-bond donors (Lipinski definition) is 0. The Kier molecular flexibility index (Phi) is 6.44. The summed E-state index contributed by atoms with van der Waals surface area (Å²) in [5.41, 5.74) is 2.82. The summed E-state index contributed by atoms with van der Waals surface area (Å²) in [5.74, 6) is 1.91. The molecule has 1 unspecified atom stereocenters. The maximum Gasteiger partial charge on any atom is 0.277 e. The normalized spacial score (nSPS) is 15.4. The lowest BCUT2D eigenvalue weighted by molar-refractivity contribution is -0.130. The molecule has 5 rings (SSSR count). The number of furan rings is 1. The van der Waals surface area contributed by atoms with Crippen molar-refractivity contribution in [2.45, 2.75) is 24.1 Å². The van der Waals surface area contributed by atoms with Crippen LogP contribution in [0.4, 0.5) is 0 Å². The van der Waals surface area contributed by atoms with E-state index in [4.69, 9.17) is 13.6 Å². The Morgan fingerprint density at radius 1 is 1.09 bits per heavy atom. The summed E-state index contributed by atoms with van der Waals surface area (Å²) in [6.07, 6.45) is 2.70. The Labute approximate surface area is 200 Å². The third kappa shape index (κ3) is 4.89. The Morgan fingerprint density at radius 3 is 2.65 bits per heavy atom. The number of hydrazone groups is 1. The van der Waals surface area contributed by atoms with Crippen LogP contribution in [-0.4, -0.2) is 39.7 Å². The fraction of sp³-hybridized carbons (Fsp3) is 0.200. The molecule has 4 aromatic rings. The number of ether oxygens (including phenoxy) is 1. The van der Waals surface area contributed by atoms with Crippen molar-refractivity contribution in [2.24, 2.45) is 5.10 Å². The summed E-state index contributed by atoms with van der Waals surface area (Å²) in [7, 11) is 1.63. The first-order valence-electron chi connectivity index (χ1n) is 10.8. The quantitative estimate of drug-likeness (QED) is 0.341. The highest BCUT2D eigenvalue weighted by molar-refractivity contribution is 7.99. The van der Waals surface area contributed by atoms with Gasteiger partial charge in [0, 0.05) is 6.42 Å². The number of carbonyl (C=O) groups excluding carboxylic acids is 1. The smallest absolute Gasteiger partial charge is 0.277 e. The Morgan fingerprint density at radius 2 is 1.91 bits per heavy atom. The van der Waals surface area contributed by atoms with Crippen LogP contribution in [0.3, 0.4) is 0 Å². The van der Waals surface area contributed by atoms with Crippen molar-refractivity contribution in [3.8, 4) is 5.75 Å². The van der Waals surface area contributed by atoms with Gasteiger partial charge in [0.15, 0.2) is 0 Å². The highest BCUT2D eigenvalue weighted by Gasteiger charge is 2.35. The minimum Gasteiger partial charge on any atom is -0.497 e. The van der Waals surface area contributed by atoms with Crippen LogP contribution in [0.5, 0.6) is 5.75 Å². The number of thioether (sulfide) groups is 1. The van der Waals surface area contributed by atoms with E-state index in [9.17, 15) is 4.79 Å². The van der Waals surface area contributed by atoms with Crippen LogP contribution in [0, 0.1) is 0 Å². The van der Waals surface area contributed by atoms with Crippen molar-refractivity contribution in [3.05, 3.63) is 95.8 Å². The minimum absolute atomic E-state index is 0.115. The second-order valence-electron chi connectivity index (χ2n) is 7.66. The van der Waals surface area contributed by atoms with E-state index in [0.717, 1.165) is 22.6 Å². The SMILES string of the molecule is COc1ccc(C2=NN(C(=O)CSc3nnc(Cc4ccccc4)o3)C(c3ccco3)C2)cc1. The van der Waals surface area contributed by atoms with Gasteiger partial charge in [-0.2, -0.15) is 5.10 Å². The number of hydrogen-bond acceptors (Lipinski definition) is 8. The van der Waals surface area contributed by atoms with E-state index < -0.39 is 0 Å². The lowest BCUT2D eigenvalue weighted by Crippen LogP contribution is -2.28. The van der Waals surface area contributed by atoms with Crippen LogP contribution in [0.25, 0.3) is 0 Å². The molecular formula is C25H22N4O4S. The molecular weight excluding hydrogens is 452 g/mol. The number of amides is 1. The molecule has 0 saturated carbocycles. The number of methoxy groups -OCH3 is 1. The Balaban J connectivity index is 1.28. The van der Waals surface area contributed by atoms with Crippen LogP contribution < -0.4 is 4.74 Å². The zero-order valence-corrected chi connectivity index (χ0v) is 19.3. The van der Waals surface area contributed by atoms with Gasteiger partial charge in [-0.25, -0.2) is 5.01 Å². The number of benzene rings is 2. The first-order chi connectivity index (χ1) is 16.7. The molecule has 0 fully saturated rings. The van der Waals surface area contributed by atoms with Crippen LogP contribution in [0.1, 0.15) is 35.2 Å². The molecule has 0 saturated heterocycles. The predicted octanol–water partition coefficient (Wildman–Crippen LogP) is 4.73. The van der Waals surface area contributed by atoms with E-state index >= 15 is 0 Å². The van der Waals surface area contributed by atoms with Gasteiger partial charge in [0.1, 0.15) is 17.6 Å². The summed E-state index contributed by atoms with van der Waals surface area (Å²) in [5, 5.41) is 14.7. The highest BCUT2D eigenvalue weighted by Crippen LogP contribution is 2.34. The standard InChI is InChI=1S/C25H22N4O4S/c1-31-19-11-9-18(10-12-19)20-15-21(22-8-5-13-32-22)29(28-20)24(30)16-34-25-27-26-23(33-25)14-17-6-3-2-4-7-17/h2-13,21H,14-16H2,1H3. The third-order valence-electron chi connectivity index (χ3n) is 5.43. The lowest BCUT2D eigenvalue weighted by Gasteiger charge is -2.19. The number of nitrogens with zero attached hydrogens (tertiary/aromatic N) is 4. The van der Waals surface area contributed by atoms with Crippen LogP contribution in [-0.2, 0) is 11.2 Å². The molecule has 0 spiro atoms. The van der Waals surface area contributed by atoms with Gasteiger partial charge < -0.3 is 13.6 Å². The molecule has 172 valence electrons. The summed E-state index contributed by atoms with van der Waals surface area (Å²) in [6, 6.07) is 20.9. The Bertz CT molecular complexity index is 1270. The van der Waals surface area contributed by atoms with E-state index in [1.165, 1.54) is 16.8 Å². The highest BCUT2D eigenvalue weighted by atomic mass is 32.2. The molecule has 0 N–H and O–H groups in total. The summed E-state index contributed by atoms with van der Waals surface area (Å²) < 4.78 is 16.6. The van der Waals surface area contributed by atoms with Crippen LogP contribution >= 0.6 is 11.8 Å². The first kappa shape index (κ1) is 22.0. The average molecular weight is 475 g/mol. The second-order valence-corrected chi connectivity index (χ2v) is 8.59. The van der Waals surface area contributed by atoms with Gasteiger partial charge in [0.05, 0.1) is 31.3 Å². The maximum atomic E-state index is 13.1. The molecule has 1 atom stereocenters. The van der Waals surface area contributed by atoms with Crippen molar-refractivity contribution in [3.63, 3.8) is 0 Å². The predicted molar refractivity (Wildman–Crippen MR) is 127 cm³/mol. The summed E-state index contributed by atoms with van der Waals surface area (Å²) >= 11 is 1.20. The molecule has 2 aromatic carbocycles. The fourth-order valence-electron chi connectivity index (χ4n) is 3.73. The number of rotatable bonds is 8. The van der Waals surface area contributed by atoms with Gasteiger partial charge in [-0.15, -0.1) is 10.2 Å². The monoisotopic (exact) mass is 474 g/mol. The Hall–Kier alpha value is -3.85.